The topological polar surface area (TPSA) is 508 Å². The summed E-state index contributed by atoms with van der Waals surface area (Å²) in [7, 11) is 0. The van der Waals surface area contributed by atoms with Crippen LogP contribution in [-0.4, -0.2) is 200 Å². The van der Waals surface area contributed by atoms with Crippen molar-refractivity contribution in [3.8, 4) is 5.75 Å². The molecule has 2 fully saturated rings. The Morgan fingerprint density at radius 3 is 1.72 bits per heavy atom. The number of amides is 9. The van der Waals surface area contributed by atoms with Crippen LogP contribution in [0.15, 0.2) is 29.3 Å². The molecule has 11 atom stereocenters. The molecule has 20 N–H and O–H groups in total. The second-order valence-corrected chi connectivity index (χ2v) is 22.3. The number of hydrogen-bond acceptors (Lipinski definition) is 17. The summed E-state index contributed by atoms with van der Waals surface area (Å²) in [4.78, 5) is 166. The maximum atomic E-state index is 14.5. The summed E-state index contributed by atoms with van der Waals surface area (Å²) >= 11 is 0. The van der Waals surface area contributed by atoms with Gasteiger partial charge in [-0.3, -0.25) is 57.7 Å². The first-order valence-corrected chi connectivity index (χ1v) is 28.9. The summed E-state index contributed by atoms with van der Waals surface area (Å²) in [6.45, 7) is 8.71. The predicted octanol–water partition coefficient (Wildman–Crippen LogP) is -3.75. The Morgan fingerprint density at radius 1 is 0.628 bits per heavy atom. The number of hydrogen-bond donors (Lipinski definition) is 17. The fourth-order valence-corrected chi connectivity index (χ4v) is 9.66. The number of carboxylic acids is 3. The molecule has 3 rings (SSSR count). The number of nitrogens with zero attached hydrogens (tertiary/aromatic N) is 2. The number of carbonyl (C=O) groups excluding carboxylic acids is 9. The molecule has 9 amide bonds. The number of likely N-dealkylation sites (tertiary alicyclic amines) is 1. The molecule has 1 aromatic rings. The lowest BCUT2D eigenvalue weighted by Gasteiger charge is -2.33. The number of phenolic OH excluding ortho intramolecular Hbond substituents is 1. The zero-order chi connectivity index (χ0) is 64.4. The van der Waals surface area contributed by atoms with E-state index in [-0.39, 0.29) is 88.6 Å². The number of nitrogens with two attached hydrogens (primary N) is 3. The van der Waals surface area contributed by atoms with Crippen LogP contribution in [0.3, 0.4) is 0 Å². The number of rotatable bonds is 37. The first-order chi connectivity index (χ1) is 40.5. The fraction of sp³-hybridized carbons (Fsp3) is 0.655. The quantitative estimate of drug-likeness (QED) is 0.0173. The van der Waals surface area contributed by atoms with Gasteiger partial charge in [0.2, 0.25) is 53.2 Å². The standard InChI is InChI=1S/C55H88N14O17/c1-28(2)25-37(49(80)64-38(26-31-15-17-32(71)18-16-31)50(81)62-34(11-6-7-21-56)46(77)66-39(54(85)86)27-42(74)75)65-52(83)44(30(5)70)68-51(82)40-14-10-24-69(40)53(84)43(29(3)4)67-48(79)35(13-9-23-60-55(57)58)61-47(78)36(19-20-41(72)73)63-45(76)33-12-8-22-59-33/h15-18,28-30,33-40,43-44,59,70-71H,6-14,19-27,56H2,1-5H3,(H,61,78)(H,62,81)(H,63,76)(H,64,80)(H,65,83)(H,66,77)(H,67,79)(H,68,82)(H,72,73)(H,74,75)(H,85,86)(H4,57,58,60)/t30-,33+,34+,35+,36+,37+,38+,39+,40+,43+,44+/m1/s1. The molecule has 2 heterocycles. The van der Waals surface area contributed by atoms with Crippen molar-refractivity contribution in [3.63, 3.8) is 0 Å². The molecule has 0 bridgehead atoms. The Morgan fingerprint density at radius 2 is 1.19 bits per heavy atom. The van der Waals surface area contributed by atoms with Crippen molar-refractivity contribution in [1.29, 1.82) is 0 Å². The lowest BCUT2D eigenvalue weighted by molar-refractivity contribution is -0.147. The third kappa shape index (κ3) is 24.4. The highest BCUT2D eigenvalue weighted by Crippen LogP contribution is 2.22. The SMILES string of the molecule is CC(C)C[C@H](NC(=O)[C@@H](NC(=O)[C@@H]1CCCN1C(=O)[C@@H](NC(=O)[C@H](CCCN=C(N)N)NC(=O)[C@H](CCC(=O)O)NC(=O)[C@@H]1CCCN1)C(C)C)[C@@H](C)O)C(=O)N[C@@H](Cc1ccc(O)cc1)C(=O)N[C@@H](CCCCN)C(=O)N[C@@H](CC(=O)O)C(=O)O. The molecule has 480 valence electrons. The van der Waals surface area contributed by atoms with Gasteiger partial charge in [-0.1, -0.05) is 39.8 Å². The second-order valence-electron chi connectivity index (χ2n) is 22.3. The van der Waals surface area contributed by atoms with Crippen molar-refractivity contribution < 1.29 is 83.1 Å². The van der Waals surface area contributed by atoms with Crippen molar-refractivity contribution in [1.82, 2.24) is 52.8 Å². The first kappa shape index (κ1) is 72.1. The number of carbonyl (C=O) groups is 12. The molecule has 0 aromatic heterocycles. The van der Waals surface area contributed by atoms with E-state index in [1.54, 1.807) is 27.7 Å². The largest absolute Gasteiger partial charge is 0.508 e. The summed E-state index contributed by atoms with van der Waals surface area (Å²) in [6, 6.07) is -8.38. The zero-order valence-electron chi connectivity index (χ0n) is 49.3. The first-order valence-electron chi connectivity index (χ1n) is 28.9. The molecule has 86 heavy (non-hydrogen) atoms. The highest BCUT2D eigenvalue weighted by atomic mass is 16.4. The number of aliphatic hydroxyl groups is 1. The van der Waals surface area contributed by atoms with E-state index in [0.29, 0.717) is 37.8 Å². The molecular weight excluding hydrogens is 1130 g/mol. The average molecular weight is 1220 g/mol. The highest BCUT2D eigenvalue weighted by molar-refractivity contribution is 5.99. The van der Waals surface area contributed by atoms with E-state index >= 15 is 0 Å². The van der Waals surface area contributed by atoms with Gasteiger partial charge in [-0.05, 0) is 120 Å². The van der Waals surface area contributed by atoms with Crippen LogP contribution in [0, 0.1) is 11.8 Å². The Bertz CT molecular complexity index is 2540. The maximum Gasteiger partial charge on any atom is 0.326 e. The monoisotopic (exact) mass is 1220 g/mol. The van der Waals surface area contributed by atoms with Crippen LogP contribution in [0.2, 0.25) is 0 Å². The van der Waals surface area contributed by atoms with Crippen LogP contribution in [-0.2, 0) is 64.0 Å². The molecule has 2 aliphatic rings. The Labute approximate surface area is 498 Å². The summed E-state index contributed by atoms with van der Waals surface area (Å²) in [5.74, 6) is -13.5. The minimum Gasteiger partial charge on any atom is -0.508 e. The summed E-state index contributed by atoms with van der Waals surface area (Å²) in [5, 5.41) is 72.5. The van der Waals surface area contributed by atoms with Crippen molar-refractivity contribution in [2.75, 3.05) is 26.2 Å². The van der Waals surface area contributed by atoms with Gasteiger partial charge in [0, 0.05) is 25.9 Å². The summed E-state index contributed by atoms with van der Waals surface area (Å²) < 4.78 is 0. The third-order valence-electron chi connectivity index (χ3n) is 14.3. The molecule has 2 saturated heterocycles. The molecule has 0 radical (unpaired) electrons. The Kier molecular flexibility index (Phi) is 30.1. The van der Waals surface area contributed by atoms with Gasteiger partial charge in [-0.25, -0.2) is 4.79 Å². The summed E-state index contributed by atoms with van der Waals surface area (Å²) in [5.41, 5.74) is 17.0. The molecule has 2 aliphatic heterocycles. The van der Waals surface area contributed by atoms with E-state index in [9.17, 15) is 83.1 Å². The Balaban J connectivity index is 1.87. The molecule has 31 heteroatoms. The average Bonchev–Trinajstić information content (AvgIpc) is 2.77. The van der Waals surface area contributed by atoms with Crippen LogP contribution in [0.5, 0.6) is 5.75 Å². The minimum atomic E-state index is -1.86. The smallest absolute Gasteiger partial charge is 0.326 e. The molecule has 31 nitrogen and oxygen atoms in total. The molecule has 1 aromatic carbocycles. The van der Waals surface area contributed by atoms with Gasteiger partial charge in [0.1, 0.15) is 60.1 Å². The number of aliphatic carboxylic acids is 3. The number of phenols is 1. The Hall–Kier alpha value is -8.19. The van der Waals surface area contributed by atoms with Crippen molar-refractivity contribution in [2.45, 2.75) is 191 Å². The van der Waals surface area contributed by atoms with Crippen LogP contribution >= 0.6 is 0 Å². The molecule has 0 aliphatic carbocycles. The number of carboxylic acid groups (broad SMARTS) is 3. The highest BCUT2D eigenvalue weighted by Gasteiger charge is 2.42. The van der Waals surface area contributed by atoms with Crippen LogP contribution in [0.1, 0.15) is 124 Å². The van der Waals surface area contributed by atoms with Crippen molar-refractivity contribution in [3.05, 3.63) is 29.8 Å². The molecular formula is C55H88N14O17. The zero-order valence-corrected chi connectivity index (χ0v) is 49.3. The minimum absolute atomic E-state index is 0.0171. The van der Waals surface area contributed by atoms with Gasteiger partial charge in [0.15, 0.2) is 5.96 Å². The van der Waals surface area contributed by atoms with Crippen molar-refractivity contribution >= 4 is 77.0 Å². The van der Waals surface area contributed by atoms with Gasteiger partial charge < -0.3 is 95.5 Å². The number of benzene rings is 1. The van der Waals surface area contributed by atoms with E-state index < -0.39 is 156 Å². The number of nitrogens with one attached hydrogen (secondary N) is 9. The lowest BCUT2D eigenvalue weighted by Crippen LogP contribution is -2.62. The second kappa shape index (κ2) is 36.0. The molecule has 0 saturated carbocycles. The van der Waals surface area contributed by atoms with Gasteiger partial charge in [-0.15, -0.1) is 0 Å². The number of unbranched alkanes of at least 4 members (excludes halogenated alkanes) is 1. The number of aliphatic imine (C=N–C) groups is 1. The summed E-state index contributed by atoms with van der Waals surface area (Å²) in [6.07, 6.45) is -1.56. The van der Waals surface area contributed by atoms with Gasteiger partial charge in [0.05, 0.1) is 18.6 Å². The fourth-order valence-electron chi connectivity index (χ4n) is 9.66. The lowest BCUT2D eigenvalue weighted by atomic mass is 9.99. The third-order valence-corrected chi connectivity index (χ3v) is 14.3. The van der Waals surface area contributed by atoms with Crippen LogP contribution < -0.4 is 65.1 Å². The van der Waals surface area contributed by atoms with E-state index in [2.05, 4.69) is 52.8 Å². The van der Waals surface area contributed by atoms with E-state index in [4.69, 9.17) is 17.2 Å². The van der Waals surface area contributed by atoms with Gasteiger partial charge in [-0.2, -0.15) is 0 Å². The number of aromatic hydroxyl groups is 1. The van der Waals surface area contributed by atoms with E-state index in [1.165, 1.54) is 36.1 Å². The van der Waals surface area contributed by atoms with Crippen molar-refractivity contribution in [2.24, 2.45) is 34.0 Å². The van der Waals surface area contributed by atoms with Gasteiger partial charge in [0.25, 0.3) is 0 Å². The molecule has 0 spiro atoms. The number of guanidine groups is 1. The normalized spacial score (nSPS) is 17.8. The van der Waals surface area contributed by atoms with Crippen LogP contribution in [0.4, 0.5) is 0 Å². The molecule has 0 unspecified atom stereocenters. The van der Waals surface area contributed by atoms with Gasteiger partial charge >= 0.3 is 17.9 Å². The maximum absolute atomic E-state index is 14.5. The van der Waals surface area contributed by atoms with E-state index in [1.807, 2.05) is 0 Å². The predicted molar refractivity (Wildman–Crippen MR) is 309 cm³/mol. The van der Waals surface area contributed by atoms with Crippen LogP contribution in [0.25, 0.3) is 0 Å². The number of aliphatic hydroxyl groups excluding tert-OH is 1. The van der Waals surface area contributed by atoms with E-state index in [0.717, 1.165) is 0 Å².